The van der Waals surface area contributed by atoms with Gasteiger partial charge < -0.3 is 5.32 Å². The molecule has 0 aromatic heterocycles. The predicted molar refractivity (Wildman–Crippen MR) is 71.4 cm³/mol. The molecule has 2 nitrogen and oxygen atoms in total. The Morgan fingerprint density at radius 1 is 1.59 bits per heavy atom. The van der Waals surface area contributed by atoms with Crippen LogP contribution in [0.4, 0.5) is 4.39 Å². The number of carbonyl (C=O) groups excluding carboxylic acids is 1. The zero-order valence-corrected chi connectivity index (χ0v) is 11.8. The van der Waals surface area contributed by atoms with Gasteiger partial charge in [-0.1, -0.05) is 33.6 Å². The lowest BCUT2D eigenvalue weighted by molar-refractivity contribution is 0.0934. The van der Waals surface area contributed by atoms with Gasteiger partial charge in [-0.2, -0.15) is 0 Å². The van der Waals surface area contributed by atoms with Crippen molar-refractivity contribution in [2.75, 3.05) is 5.33 Å². The van der Waals surface area contributed by atoms with E-state index in [0.29, 0.717) is 0 Å². The highest BCUT2D eigenvalue weighted by molar-refractivity contribution is 9.09. The van der Waals surface area contributed by atoms with E-state index in [1.807, 2.05) is 6.92 Å². The Hall–Kier alpha value is -0.610. The van der Waals surface area contributed by atoms with E-state index in [-0.39, 0.29) is 16.6 Å². The van der Waals surface area contributed by atoms with Gasteiger partial charge in [0.15, 0.2) is 5.82 Å². The zero-order valence-electron chi connectivity index (χ0n) is 9.47. The third-order valence-corrected chi connectivity index (χ3v) is 3.20. The van der Waals surface area contributed by atoms with Crippen LogP contribution in [0, 0.1) is 5.82 Å². The SMILES string of the molecule is CC(CCCBr)NC(=O)c1cccc(Cl)c1F. The van der Waals surface area contributed by atoms with Crippen molar-refractivity contribution in [3.05, 3.63) is 34.6 Å². The quantitative estimate of drug-likeness (QED) is 0.821. The number of alkyl halides is 1. The molecule has 1 atom stereocenters. The van der Waals surface area contributed by atoms with Crippen molar-refractivity contribution >= 4 is 33.4 Å². The van der Waals surface area contributed by atoms with Crippen LogP contribution < -0.4 is 5.32 Å². The molecule has 1 unspecified atom stereocenters. The van der Waals surface area contributed by atoms with E-state index in [4.69, 9.17) is 11.6 Å². The van der Waals surface area contributed by atoms with Crippen LogP contribution in [0.1, 0.15) is 30.1 Å². The Balaban J connectivity index is 2.67. The monoisotopic (exact) mass is 321 g/mol. The summed E-state index contributed by atoms with van der Waals surface area (Å²) in [4.78, 5) is 11.8. The largest absolute Gasteiger partial charge is 0.349 e. The number of carbonyl (C=O) groups is 1. The summed E-state index contributed by atoms with van der Waals surface area (Å²) in [6.07, 6.45) is 1.80. The fourth-order valence-electron chi connectivity index (χ4n) is 1.44. The topological polar surface area (TPSA) is 29.1 Å². The van der Waals surface area contributed by atoms with Crippen molar-refractivity contribution in [2.45, 2.75) is 25.8 Å². The fourth-order valence-corrected chi connectivity index (χ4v) is 1.93. The highest BCUT2D eigenvalue weighted by Crippen LogP contribution is 2.17. The number of rotatable bonds is 5. The molecule has 1 N–H and O–H groups in total. The van der Waals surface area contributed by atoms with Gasteiger partial charge in [0.25, 0.3) is 5.91 Å². The number of halogens is 3. The van der Waals surface area contributed by atoms with Gasteiger partial charge in [-0.3, -0.25) is 4.79 Å². The normalized spacial score (nSPS) is 12.2. The van der Waals surface area contributed by atoms with Crippen molar-refractivity contribution in [3.8, 4) is 0 Å². The Bertz CT molecular complexity index is 400. The zero-order chi connectivity index (χ0) is 12.8. The van der Waals surface area contributed by atoms with Crippen LogP contribution in [-0.4, -0.2) is 17.3 Å². The van der Waals surface area contributed by atoms with Gasteiger partial charge in [-0.15, -0.1) is 0 Å². The maximum atomic E-state index is 13.6. The van der Waals surface area contributed by atoms with Crippen LogP contribution in [0.15, 0.2) is 18.2 Å². The number of nitrogens with one attached hydrogen (secondary N) is 1. The van der Waals surface area contributed by atoms with Crippen LogP contribution in [0.5, 0.6) is 0 Å². The summed E-state index contributed by atoms with van der Waals surface area (Å²) in [5, 5.41) is 3.59. The summed E-state index contributed by atoms with van der Waals surface area (Å²) >= 11 is 8.94. The molecule has 17 heavy (non-hydrogen) atoms. The van der Waals surface area contributed by atoms with E-state index >= 15 is 0 Å². The van der Waals surface area contributed by atoms with Gasteiger partial charge in [-0.05, 0) is 31.9 Å². The molecule has 0 aliphatic heterocycles. The van der Waals surface area contributed by atoms with Gasteiger partial charge in [0, 0.05) is 11.4 Å². The first-order valence-corrected chi connectivity index (χ1v) is 6.87. The number of benzene rings is 1. The second-order valence-electron chi connectivity index (χ2n) is 3.81. The van der Waals surface area contributed by atoms with E-state index < -0.39 is 11.7 Å². The first kappa shape index (κ1) is 14.5. The molecule has 0 spiro atoms. The average Bonchev–Trinajstić information content (AvgIpc) is 2.29. The summed E-state index contributed by atoms with van der Waals surface area (Å²) in [6, 6.07) is 4.41. The molecule has 0 saturated carbocycles. The van der Waals surface area contributed by atoms with Crippen LogP contribution in [0.25, 0.3) is 0 Å². The molecule has 1 aromatic rings. The molecule has 0 aliphatic rings. The Morgan fingerprint density at radius 2 is 2.29 bits per heavy atom. The second kappa shape index (κ2) is 6.97. The lowest BCUT2D eigenvalue weighted by atomic mass is 10.1. The average molecular weight is 323 g/mol. The Labute approximate surface area is 114 Å². The summed E-state index contributed by atoms with van der Waals surface area (Å²) in [7, 11) is 0. The smallest absolute Gasteiger partial charge is 0.254 e. The summed E-state index contributed by atoms with van der Waals surface area (Å²) in [5.41, 5.74) is -0.0109. The molecule has 1 rings (SSSR count). The van der Waals surface area contributed by atoms with Gasteiger partial charge in [0.05, 0.1) is 10.6 Å². The van der Waals surface area contributed by atoms with Gasteiger partial charge in [0.2, 0.25) is 0 Å². The molecule has 0 fully saturated rings. The van der Waals surface area contributed by atoms with E-state index in [2.05, 4.69) is 21.2 Å². The summed E-state index contributed by atoms with van der Waals surface area (Å²) < 4.78 is 13.6. The second-order valence-corrected chi connectivity index (χ2v) is 5.01. The summed E-state index contributed by atoms with van der Waals surface area (Å²) in [5.74, 6) is -1.09. The molecular formula is C12H14BrClFNO. The molecular weight excluding hydrogens is 308 g/mol. The van der Waals surface area contributed by atoms with Crippen molar-refractivity contribution in [1.82, 2.24) is 5.32 Å². The molecule has 0 heterocycles. The highest BCUT2D eigenvalue weighted by Gasteiger charge is 2.15. The van der Waals surface area contributed by atoms with Crippen LogP contribution in [0.3, 0.4) is 0 Å². The predicted octanol–water partition coefficient (Wildman–Crippen LogP) is 3.77. The Morgan fingerprint density at radius 3 is 2.94 bits per heavy atom. The molecule has 5 heteroatoms. The van der Waals surface area contributed by atoms with Crippen molar-refractivity contribution in [1.29, 1.82) is 0 Å². The van der Waals surface area contributed by atoms with Crippen molar-refractivity contribution in [2.24, 2.45) is 0 Å². The minimum atomic E-state index is -0.667. The highest BCUT2D eigenvalue weighted by atomic mass is 79.9. The van der Waals surface area contributed by atoms with Crippen LogP contribution >= 0.6 is 27.5 Å². The maximum Gasteiger partial charge on any atom is 0.254 e. The third kappa shape index (κ3) is 4.28. The third-order valence-electron chi connectivity index (χ3n) is 2.34. The van der Waals surface area contributed by atoms with E-state index in [0.717, 1.165) is 18.2 Å². The van der Waals surface area contributed by atoms with E-state index in [9.17, 15) is 9.18 Å². The first-order chi connectivity index (χ1) is 8.06. The molecule has 94 valence electrons. The molecule has 0 saturated heterocycles. The number of hydrogen-bond acceptors (Lipinski definition) is 1. The van der Waals surface area contributed by atoms with Crippen molar-refractivity contribution < 1.29 is 9.18 Å². The first-order valence-electron chi connectivity index (χ1n) is 5.37. The minimum absolute atomic E-state index is 0.0109. The van der Waals surface area contributed by atoms with Crippen LogP contribution in [0.2, 0.25) is 5.02 Å². The van der Waals surface area contributed by atoms with Gasteiger partial charge >= 0.3 is 0 Å². The number of hydrogen-bond donors (Lipinski definition) is 1. The van der Waals surface area contributed by atoms with Crippen LogP contribution in [-0.2, 0) is 0 Å². The summed E-state index contributed by atoms with van der Waals surface area (Å²) in [6.45, 7) is 1.89. The maximum absolute atomic E-state index is 13.6. The van der Waals surface area contributed by atoms with Crippen molar-refractivity contribution in [3.63, 3.8) is 0 Å². The lowest BCUT2D eigenvalue weighted by Crippen LogP contribution is -2.33. The van der Waals surface area contributed by atoms with E-state index in [1.165, 1.54) is 12.1 Å². The number of amides is 1. The van der Waals surface area contributed by atoms with E-state index in [1.54, 1.807) is 6.07 Å². The Kier molecular flexibility index (Phi) is 5.92. The molecule has 1 aromatic carbocycles. The molecule has 0 radical (unpaired) electrons. The standard InChI is InChI=1S/C12H14BrClFNO/c1-8(4-3-7-13)16-12(17)9-5-2-6-10(14)11(9)15/h2,5-6,8H,3-4,7H2,1H3,(H,16,17). The van der Waals surface area contributed by atoms with Gasteiger partial charge in [0.1, 0.15) is 0 Å². The van der Waals surface area contributed by atoms with Gasteiger partial charge in [-0.25, -0.2) is 4.39 Å². The molecule has 0 bridgehead atoms. The fraction of sp³-hybridized carbons (Fsp3) is 0.417. The lowest BCUT2D eigenvalue weighted by Gasteiger charge is -2.13. The molecule has 1 amide bonds. The minimum Gasteiger partial charge on any atom is -0.349 e. The molecule has 0 aliphatic carbocycles.